The van der Waals surface area contributed by atoms with Crippen LogP contribution in [-0.2, 0) is 14.6 Å². The van der Waals surface area contributed by atoms with E-state index in [2.05, 4.69) is 31.2 Å². The number of anilines is 2. The summed E-state index contributed by atoms with van der Waals surface area (Å²) in [5.41, 5.74) is 7.64. The average molecular weight is 499 g/mol. The third-order valence-corrected chi connectivity index (χ3v) is 8.28. The van der Waals surface area contributed by atoms with Crippen molar-refractivity contribution in [3.63, 3.8) is 0 Å². The lowest BCUT2D eigenvalue weighted by molar-refractivity contribution is -0.113. The van der Waals surface area contributed by atoms with Gasteiger partial charge in [-0.05, 0) is 47.1 Å². The number of nitrogen functional groups attached to an aromatic ring is 1. The van der Waals surface area contributed by atoms with Gasteiger partial charge in [-0.2, -0.15) is 0 Å². The fourth-order valence-electron chi connectivity index (χ4n) is 2.16. The van der Waals surface area contributed by atoms with E-state index in [0.717, 1.165) is 28.7 Å². The zero-order valence-corrected chi connectivity index (χ0v) is 18.6. The van der Waals surface area contributed by atoms with Gasteiger partial charge in [-0.25, -0.2) is 18.4 Å². The standard InChI is InChI=1S/C17H15BrN4O3S3/c1-10-2-4-11(5-3-10)21-14(23)9-26-17-20-8-12(16(19)22-17)28(24,25)15-7-6-13(18)27-15/h2-8H,9H2,1H3,(H,21,23)(H2,19,20,22). The highest BCUT2D eigenvalue weighted by atomic mass is 79.9. The lowest BCUT2D eigenvalue weighted by Crippen LogP contribution is -2.14. The summed E-state index contributed by atoms with van der Waals surface area (Å²) in [6.45, 7) is 1.96. The number of nitrogens with two attached hydrogens (primary N) is 1. The number of hydrogen-bond donors (Lipinski definition) is 2. The highest BCUT2D eigenvalue weighted by Gasteiger charge is 2.24. The van der Waals surface area contributed by atoms with E-state index in [1.807, 2.05) is 31.2 Å². The number of sulfone groups is 1. The van der Waals surface area contributed by atoms with Gasteiger partial charge in [0.1, 0.15) is 14.9 Å². The molecule has 146 valence electrons. The number of thioether (sulfide) groups is 1. The van der Waals surface area contributed by atoms with E-state index in [9.17, 15) is 13.2 Å². The number of halogens is 1. The van der Waals surface area contributed by atoms with Crippen molar-refractivity contribution >= 4 is 66.3 Å². The Kier molecular flexibility index (Phi) is 6.38. The molecule has 0 aliphatic heterocycles. The fourth-order valence-corrected chi connectivity index (χ4v) is 6.18. The maximum absolute atomic E-state index is 12.6. The van der Waals surface area contributed by atoms with Gasteiger partial charge in [0.05, 0.1) is 15.7 Å². The molecule has 0 saturated carbocycles. The zero-order chi connectivity index (χ0) is 20.3. The van der Waals surface area contributed by atoms with E-state index in [4.69, 9.17) is 5.73 Å². The Labute approximate surface area is 178 Å². The number of rotatable bonds is 6. The summed E-state index contributed by atoms with van der Waals surface area (Å²) in [5.74, 6) is -0.311. The van der Waals surface area contributed by atoms with Gasteiger partial charge in [0, 0.05) is 5.69 Å². The second kappa shape index (κ2) is 8.60. The van der Waals surface area contributed by atoms with Crippen LogP contribution in [0.5, 0.6) is 0 Å². The van der Waals surface area contributed by atoms with Crippen LogP contribution in [0.15, 0.2) is 60.6 Å². The second-order valence-electron chi connectivity index (χ2n) is 5.67. The third-order valence-electron chi connectivity index (χ3n) is 3.53. The van der Waals surface area contributed by atoms with Crippen LogP contribution < -0.4 is 11.1 Å². The molecule has 0 radical (unpaired) electrons. The molecule has 2 heterocycles. The quantitative estimate of drug-likeness (QED) is 0.392. The lowest BCUT2D eigenvalue weighted by atomic mass is 10.2. The first kappa shape index (κ1) is 20.8. The molecule has 11 heteroatoms. The highest BCUT2D eigenvalue weighted by Crippen LogP contribution is 2.32. The maximum Gasteiger partial charge on any atom is 0.234 e. The number of nitrogens with one attached hydrogen (secondary N) is 1. The Hall–Kier alpha value is -1.95. The number of nitrogens with zero attached hydrogens (tertiary/aromatic N) is 2. The van der Waals surface area contributed by atoms with Gasteiger partial charge in [0.25, 0.3) is 0 Å². The Morgan fingerprint density at radius 2 is 1.96 bits per heavy atom. The minimum Gasteiger partial charge on any atom is -0.382 e. The number of thiophene rings is 1. The molecule has 0 aliphatic rings. The van der Waals surface area contributed by atoms with Crippen molar-refractivity contribution in [2.45, 2.75) is 21.2 Å². The molecule has 3 rings (SSSR count). The maximum atomic E-state index is 12.6. The predicted octanol–water partition coefficient (Wildman–Crippen LogP) is 3.75. The molecule has 3 N–H and O–H groups in total. The number of hydrogen-bond acceptors (Lipinski definition) is 8. The van der Waals surface area contributed by atoms with Gasteiger partial charge in [-0.1, -0.05) is 29.5 Å². The topological polar surface area (TPSA) is 115 Å². The summed E-state index contributed by atoms with van der Waals surface area (Å²) in [6, 6.07) is 10.6. The minimum atomic E-state index is -3.79. The Balaban J connectivity index is 1.67. The molecule has 0 bridgehead atoms. The monoisotopic (exact) mass is 498 g/mol. The first-order valence-corrected chi connectivity index (χ1v) is 12.0. The number of carbonyl (C=O) groups excluding carboxylic acids is 1. The molecule has 3 aromatic rings. The van der Waals surface area contributed by atoms with Crippen LogP contribution in [0.4, 0.5) is 11.5 Å². The molecule has 1 aromatic carbocycles. The largest absolute Gasteiger partial charge is 0.382 e. The van der Waals surface area contributed by atoms with E-state index >= 15 is 0 Å². The molecule has 0 unspecified atom stereocenters. The van der Waals surface area contributed by atoms with E-state index in [1.54, 1.807) is 6.07 Å². The summed E-state index contributed by atoms with van der Waals surface area (Å²) < 4.78 is 26.1. The number of aromatic nitrogens is 2. The summed E-state index contributed by atoms with van der Waals surface area (Å²) in [6.07, 6.45) is 1.17. The van der Waals surface area contributed by atoms with Gasteiger partial charge in [0.2, 0.25) is 15.7 Å². The number of benzene rings is 1. The van der Waals surface area contributed by atoms with Crippen LogP contribution in [-0.4, -0.2) is 30.0 Å². The van der Waals surface area contributed by atoms with Gasteiger partial charge >= 0.3 is 0 Å². The van der Waals surface area contributed by atoms with Crippen molar-refractivity contribution in [3.8, 4) is 0 Å². The van der Waals surface area contributed by atoms with E-state index in [-0.39, 0.29) is 31.7 Å². The minimum absolute atomic E-state index is 0.0668. The number of carbonyl (C=O) groups is 1. The normalized spacial score (nSPS) is 11.4. The van der Waals surface area contributed by atoms with Crippen molar-refractivity contribution in [2.75, 3.05) is 16.8 Å². The smallest absolute Gasteiger partial charge is 0.234 e. The summed E-state index contributed by atoms with van der Waals surface area (Å²) >= 11 is 5.39. The predicted molar refractivity (Wildman–Crippen MR) is 114 cm³/mol. The first-order valence-electron chi connectivity index (χ1n) is 7.88. The SMILES string of the molecule is Cc1ccc(NC(=O)CSc2ncc(S(=O)(=O)c3ccc(Br)s3)c(N)n2)cc1. The van der Waals surface area contributed by atoms with Gasteiger partial charge < -0.3 is 11.1 Å². The zero-order valence-electron chi connectivity index (χ0n) is 14.5. The van der Waals surface area contributed by atoms with E-state index in [0.29, 0.717) is 9.47 Å². The summed E-state index contributed by atoms with van der Waals surface area (Å²) in [5, 5.41) is 2.99. The van der Waals surface area contributed by atoms with Crippen LogP contribution in [0.3, 0.4) is 0 Å². The average Bonchev–Trinajstić information content (AvgIpc) is 3.09. The Morgan fingerprint density at radius 3 is 2.57 bits per heavy atom. The fraction of sp³-hybridized carbons (Fsp3) is 0.118. The molecule has 28 heavy (non-hydrogen) atoms. The first-order chi connectivity index (χ1) is 13.3. The molecule has 0 fully saturated rings. The molecule has 0 atom stereocenters. The van der Waals surface area contributed by atoms with Crippen LogP contribution in [0.2, 0.25) is 0 Å². The lowest BCUT2D eigenvalue weighted by Gasteiger charge is -2.07. The molecule has 0 saturated heterocycles. The van der Waals surface area contributed by atoms with Gasteiger partial charge in [-0.15, -0.1) is 11.3 Å². The van der Waals surface area contributed by atoms with Crippen molar-refractivity contribution < 1.29 is 13.2 Å². The van der Waals surface area contributed by atoms with Crippen molar-refractivity contribution in [1.82, 2.24) is 9.97 Å². The van der Waals surface area contributed by atoms with Crippen molar-refractivity contribution in [2.24, 2.45) is 0 Å². The highest BCUT2D eigenvalue weighted by molar-refractivity contribution is 9.11. The number of aryl methyl sites for hydroxylation is 1. The van der Waals surface area contributed by atoms with Gasteiger partial charge in [-0.3, -0.25) is 4.79 Å². The molecule has 2 aromatic heterocycles. The van der Waals surface area contributed by atoms with Gasteiger partial charge in [0.15, 0.2) is 5.16 Å². The van der Waals surface area contributed by atoms with Crippen LogP contribution in [0, 0.1) is 6.92 Å². The third kappa shape index (κ3) is 4.90. The van der Waals surface area contributed by atoms with Crippen molar-refractivity contribution in [3.05, 3.63) is 51.9 Å². The van der Waals surface area contributed by atoms with Crippen LogP contribution in [0.1, 0.15) is 5.56 Å². The van der Waals surface area contributed by atoms with Crippen LogP contribution >= 0.6 is 39.0 Å². The molecule has 0 aliphatic carbocycles. The van der Waals surface area contributed by atoms with Crippen LogP contribution in [0.25, 0.3) is 0 Å². The second-order valence-corrected chi connectivity index (χ2v) is 11.2. The van der Waals surface area contributed by atoms with E-state index < -0.39 is 9.84 Å². The van der Waals surface area contributed by atoms with E-state index in [1.165, 1.54) is 12.3 Å². The Bertz CT molecular complexity index is 1110. The summed E-state index contributed by atoms with van der Waals surface area (Å²) in [4.78, 5) is 20.0. The molecular weight excluding hydrogens is 484 g/mol. The molecule has 0 spiro atoms. The Morgan fingerprint density at radius 1 is 1.25 bits per heavy atom. The summed E-state index contributed by atoms with van der Waals surface area (Å²) in [7, 11) is -3.79. The van der Waals surface area contributed by atoms with Crippen molar-refractivity contribution in [1.29, 1.82) is 0 Å². The molecular formula is C17H15BrN4O3S3. The molecule has 1 amide bonds. The molecule has 7 nitrogen and oxygen atoms in total. The number of amides is 1.